The topological polar surface area (TPSA) is 48.2 Å². The standard InChI is InChI=1S/C61H45N3/c1-2-40-10-7-13-41(21-20-40)42-30-32-54(33-31-42)63-64-60-39-53(49-23-22-46-35-50(27-24-45(46)34-49)57-18-8-14-43-11-3-5-16-55(43)57)38-59(61(60)62)52-29-26-47-36-51(28-25-48(47)37-52)58-19-9-15-44-12-4-6-17-56(44)58/h3-40,62-63H,2H2,1H3/b62-61?,64-60-. The first-order chi connectivity index (χ1) is 31.5. The zero-order valence-corrected chi connectivity index (χ0v) is 35.6. The Bertz CT molecular complexity index is 3510. The van der Waals surface area contributed by atoms with E-state index < -0.39 is 0 Å². The van der Waals surface area contributed by atoms with Gasteiger partial charge in [-0.25, -0.2) is 0 Å². The lowest BCUT2D eigenvalue weighted by Gasteiger charge is -2.19. The number of hydrazone groups is 1. The summed E-state index contributed by atoms with van der Waals surface area (Å²) in [6.45, 7) is 2.21. The van der Waals surface area contributed by atoms with Crippen LogP contribution in [0.5, 0.6) is 0 Å². The highest BCUT2D eigenvalue weighted by Crippen LogP contribution is 2.36. The predicted octanol–water partition coefficient (Wildman–Crippen LogP) is 16.1. The summed E-state index contributed by atoms with van der Waals surface area (Å²) in [5, 5.41) is 24.1. The Hall–Kier alpha value is -8.14. The molecule has 64 heavy (non-hydrogen) atoms. The molecule has 2 aliphatic carbocycles. The summed E-state index contributed by atoms with van der Waals surface area (Å²) < 4.78 is 0. The lowest BCUT2D eigenvalue weighted by atomic mass is 9.86. The van der Waals surface area contributed by atoms with E-state index in [-0.39, 0.29) is 0 Å². The van der Waals surface area contributed by atoms with Gasteiger partial charge in [-0.2, -0.15) is 5.10 Å². The van der Waals surface area contributed by atoms with E-state index in [1.165, 1.54) is 54.8 Å². The maximum absolute atomic E-state index is 9.60. The molecule has 0 aliphatic heterocycles. The zero-order valence-electron chi connectivity index (χ0n) is 35.6. The van der Waals surface area contributed by atoms with Gasteiger partial charge in [0.05, 0.1) is 11.4 Å². The van der Waals surface area contributed by atoms with Gasteiger partial charge in [-0.1, -0.05) is 183 Å². The first-order valence-corrected chi connectivity index (χ1v) is 22.1. The zero-order chi connectivity index (χ0) is 43.0. The lowest BCUT2D eigenvalue weighted by Crippen LogP contribution is -2.18. The van der Waals surface area contributed by atoms with E-state index >= 15 is 0 Å². The molecule has 0 aromatic heterocycles. The molecule has 1 atom stereocenters. The number of rotatable bonds is 8. The Morgan fingerprint density at radius 2 is 1.02 bits per heavy atom. The molecule has 0 heterocycles. The minimum atomic E-state index is 0.367. The van der Waals surface area contributed by atoms with E-state index in [0.29, 0.717) is 17.3 Å². The van der Waals surface area contributed by atoms with Crippen LogP contribution < -0.4 is 5.43 Å². The largest absolute Gasteiger partial charge is 0.298 e. The maximum atomic E-state index is 9.60. The fourth-order valence-corrected chi connectivity index (χ4v) is 9.21. The second-order valence-electron chi connectivity index (χ2n) is 16.8. The molecule has 1 unspecified atom stereocenters. The van der Waals surface area contributed by atoms with Crippen molar-refractivity contribution in [1.82, 2.24) is 0 Å². The lowest BCUT2D eigenvalue weighted by molar-refractivity contribution is 0.775. The Morgan fingerprint density at radius 1 is 0.484 bits per heavy atom. The average molecular weight is 820 g/mol. The molecule has 0 spiro atoms. The summed E-state index contributed by atoms with van der Waals surface area (Å²) >= 11 is 0. The number of fused-ring (bicyclic) bond motifs is 4. The number of hydrogen-bond acceptors (Lipinski definition) is 3. The molecule has 0 amide bonds. The molecular formula is C61H45N3. The van der Waals surface area contributed by atoms with Crippen LogP contribution in [0, 0.1) is 11.3 Å². The van der Waals surface area contributed by atoms with Crippen LogP contribution in [0.4, 0.5) is 5.69 Å². The number of hydrogen-bond donors (Lipinski definition) is 2. The summed E-state index contributed by atoms with van der Waals surface area (Å²) in [5.41, 5.74) is 16.1. The van der Waals surface area contributed by atoms with Crippen molar-refractivity contribution in [3.05, 3.63) is 241 Å². The van der Waals surface area contributed by atoms with Crippen molar-refractivity contribution in [2.24, 2.45) is 11.0 Å². The van der Waals surface area contributed by atoms with E-state index in [1.807, 2.05) is 6.08 Å². The van der Waals surface area contributed by atoms with Crippen LogP contribution in [0.2, 0.25) is 0 Å². The Kier molecular flexibility index (Phi) is 10.1. The normalized spacial score (nSPS) is 15.7. The molecule has 2 aliphatic rings. The van der Waals surface area contributed by atoms with Crippen molar-refractivity contribution in [1.29, 1.82) is 5.41 Å². The number of nitrogens with one attached hydrogen (secondary N) is 2. The van der Waals surface area contributed by atoms with E-state index in [0.717, 1.165) is 56.1 Å². The fourth-order valence-electron chi connectivity index (χ4n) is 9.21. The van der Waals surface area contributed by atoms with Crippen LogP contribution >= 0.6 is 0 Å². The van der Waals surface area contributed by atoms with Crippen molar-refractivity contribution in [2.45, 2.75) is 13.3 Å². The van der Waals surface area contributed by atoms with Crippen LogP contribution in [0.3, 0.4) is 0 Å². The summed E-state index contributed by atoms with van der Waals surface area (Å²) in [4.78, 5) is 0. The summed E-state index contributed by atoms with van der Waals surface area (Å²) in [7, 11) is 0. The van der Waals surface area contributed by atoms with Gasteiger partial charge in [0.25, 0.3) is 0 Å². The van der Waals surface area contributed by atoms with Gasteiger partial charge in [0.2, 0.25) is 0 Å². The van der Waals surface area contributed by atoms with Gasteiger partial charge in [0.15, 0.2) is 0 Å². The molecule has 304 valence electrons. The van der Waals surface area contributed by atoms with Gasteiger partial charge >= 0.3 is 0 Å². The van der Waals surface area contributed by atoms with Gasteiger partial charge in [0.1, 0.15) is 5.71 Å². The van der Waals surface area contributed by atoms with Crippen molar-refractivity contribution in [3.8, 4) is 22.3 Å². The highest BCUT2D eigenvalue weighted by atomic mass is 15.3. The quantitative estimate of drug-likeness (QED) is 0.116. The summed E-state index contributed by atoms with van der Waals surface area (Å²) in [5.74, 6) is 0.458. The minimum Gasteiger partial charge on any atom is -0.298 e. The number of anilines is 1. The van der Waals surface area contributed by atoms with Gasteiger partial charge in [-0.3, -0.25) is 10.8 Å². The first-order valence-electron chi connectivity index (χ1n) is 22.1. The van der Waals surface area contributed by atoms with Crippen LogP contribution in [0.1, 0.15) is 30.0 Å². The van der Waals surface area contributed by atoms with E-state index in [2.05, 4.69) is 231 Å². The smallest absolute Gasteiger partial charge is 0.109 e. The summed E-state index contributed by atoms with van der Waals surface area (Å²) in [6, 6.07) is 65.1. The van der Waals surface area contributed by atoms with Gasteiger partial charge in [-0.15, -0.1) is 0 Å². The maximum Gasteiger partial charge on any atom is 0.109 e. The first kappa shape index (κ1) is 38.8. The van der Waals surface area contributed by atoms with Crippen LogP contribution in [-0.4, -0.2) is 11.4 Å². The molecule has 3 nitrogen and oxygen atoms in total. The van der Waals surface area contributed by atoms with Gasteiger partial charge in [-0.05, 0) is 154 Å². The molecule has 0 radical (unpaired) electrons. The highest BCUT2D eigenvalue weighted by molar-refractivity contribution is 6.62. The molecule has 0 fully saturated rings. The highest BCUT2D eigenvalue weighted by Gasteiger charge is 2.21. The van der Waals surface area contributed by atoms with Gasteiger partial charge in [0, 0.05) is 5.57 Å². The number of allylic oxidation sites excluding steroid dienone is 10. The summed E-state index contributed by atoms with van der Waals surface area (Å²) in [6.07, 6.45) is 16.3. The van der Waals surface area contributed by atoms with Crippen molar-refractivity contribution < 1.29 is 0 Å². The van der Waals surface area contributed by atoms with E-state index in [4.69, 9.17) is 5.10 Å². The second-order valence-corrected chi connectivity index (χ2v) is 16.8. The fraction of sp³-hybridized carbons (Fsp3) is 0.0492. The van der Waals surface area contributed by atoms with Crippen molar-refractivity contribution >= 4 is 76.9 Å². The molecule has 0 bridgehead atoms. The molecule has 0 saturated carbocycles. The van der Waals surface area contributed by atoms with Crippen LogP contribution in [-0.2, 0) is 0 Å². The third-order valence-corrected chi connectivity index (χ3v) is 12.8. The number of nitrogens with zero attached hydrogens (tertiary/aromatic N) is 1. The van der Waals surface area contributed by atoms with Gasteiger partial charge < -0.3 is 0 Å². The molecular weight excluding hydrogens is 775 g/mol. The molecule has 0 saturated heterocycles. The minimum absolute atomic E-state index is 0.367. The Morgan fingerprint density at radius 3 is 1.64 bits per heavy atom. The monoisotopic (exact) mass is 819 g/mol. The predicted molar refractivity (Wildman–Crippen MR) is 275 cm³/mol. The van der Waals surface area contributed by atoms with Crippen LogP contribution in [0.15, 0.2) is 230 Å². The third-order valence-electron chi connectivity index (χ3n) is 12.8. The third kappa shape index (κ3) is 7.48. The number of benzene rings is 9. The van der Waals surface area contributed by atoms with E-state index in [9.17, 15) is 5.41 Å². The molecule has 3 heteroatoms. The SMILES string of the molecule is CCC1C=CC=C(c2ccc(N/N=C3/C=C(c4ccc5cc(-c6cccc7ccccc67)ccc5c4)C=C(c4ccc5cc(-c6cccc7ccccc67)ccc5c4)C3=N)cc2)C=C1. The molecule has 11 rings (SSSR count). The van der Waals surface area contributed by atoms with Crippen LogP contribution in [0.25, 0.3) is 82.1 Å². The van der Waals surface area contributed by atoms with Crippen molar-refractivity contribution in [2.75, 3.05) is 5.43 Å². The van der Waals surface area contributed by atoms with E-state index in [1.54, 1.807) is 0 Å². The molecule has 9 aromatic carbocycles. The average Bonchev–Trinajstić information content (AvgIpc) is 3.61. The Balaban J connectivity index is 0.948. The Labute approximate surface area is 374 Å². The molecule has 9 aromatic rings. The molecule has 2 N–H and O–H groups in total. The second kappa shape index (κ2) is 16.6. The van der Waals surface area contributed by atoms with Crippen molar-refractivity contribution in [3.63, 3.8) is 0 Å².